The fourth-order valence-corrected chi connectivity index (χ4v) is 2.35. The topological polar surface area (TPSA) is 35.0 Å². The first kappa shape index (κ1) is 19.1. The number of hydrogen-bond donors (Lipinski definition) is 0. The Morgan fingerprint density at radius 2 is 1.52 bits per heavy atom. The van der Waals surface area contributed by atoms with Gasteiger partial charge in [0.15, 0.2) is 0 Å². The summed E-state index contributed by atoms with van der Waals surface area (Å²) >= 11 is 3.49. The minimum absolute atomic E-state index is 0.383. The fraction of sp³-hybridized carbons (Fsp3) is 0.263. The number of ether oxygens (including phenoxy) is 1. The van der Waals surface area contributed by atoms with Crippen molar-refractivity contribution < 1.29 is 4.74 Å². The van der Waals surface area contributed by atoms with Crippen LogP contribution in [0.25, 0.3) is 22.2 Å². The van der Waals surface area contributed by atoms with Gasteiger partial charge in [0, 0.05) is 15.4 Å². The predicted molar refractivity (Wildman–Crippen MR) is 102 cm³/mol. The van der Waals surface area contributed by atoms with Crippen LogP contribution in [0, 0.1) is 0 Å². The molecular weight excluding hydrogens is 352 g/mol. The quantitative estimate of drug-likeness (QED) is 0.541. The van der Waals surface area contributed by atoms with Gasteiger partial charge in [-0.3, -0.25) is 0 Å². The van der Waals surface area contributed by atoms with E-state index in [0.717, 1.165) is 26.6 Å². The van der Waals surface area contributed by atoms with E-state index < -0.39 is 0 Å². The molecule has 122 valence electrons. The van der Waals surface area contributed by atoms with E-state index >= 15 is 0 Å². The van der Waals surface area contributed by atoms with Crippen molar-refractivity contribution in [3.8, 4) is 17.3 Å². The highest BCUT2D eigenvalue weighted by atomic mass is 79.9. The molecular formula is C19H23BrN2O. The first-order valence-corrected chi connectivity index (χ1v) is 8.64. The van der Waals surface area contributed by atoms with Gasteiger partial charge in [-0.15, -0.1) is 0 Å². The highest BCUT2D eigenvalue weighted by molar-refractivity contribution is 9.10. The highest BCUT2D eigenvalue weighted by Gasteiger charge is 2.10. The molecule has 23 heavy (non-hydrogen) atoms. The summed E-state index contributed by atoms with van der Waals surface area (Å²) in [7, 11) is 1.58. The zero-order valence-electron chi connectivity index (χ0n) is 14.3. The van der Waals surface area contributed by atoms with Crippen LogP contribution in [0.3, 0.4) is 0 Å². The number of aromatic nitrogens is 2. The number of benzene rings is 2. The Balaban J connectivity index is 0.000000615. The van der Waals surface area contributed by atoms with Gasteiger partial charge >= 0.3 is 6.01 Å². The molecule has 0 saturated heterocycles. The standard InChI is InChI=1S/C15H11BrN2O.2C2H6/c1-19-15-17-13-8-7-11(16)9-12(13)14(18-15)10-5-3-2-4-6-10;2*1-2/h2-9H,1H3;2*1-2H3. The van der Waals surface area contributed by atoms with Crippen molar-refractivity contribution in [2.45, 2.75) is 27.7 Å². The third kappa shape index (κ3) is 4.76. The number of methoxy groups -OCH3 is 1. The van der Waals surface area contributed by atoms with E-state index in [2.05, 4.69) is 25.9 Å². The molecule has 1 aromatic heterocycles. The van der Waals surface area contributed by atoms with Gasteiger partial charge in [-0.25, -0.2) is 0 Å². The third-order valence-corrected chi connectivity index (χ3v) is 3.36. The van der Waals surface area contributed by atoms with Crippen molar-refractivity contribution in [2.75, 3.05) is 7.11 Å². The van der Waals surface area contributed by atoms with Crippen LogP contribution in [0.4, 0.5) is 0 Å². The van der Waals surface area contributed by atoms with E-state index in [1.807, 2.05) is 76.2 Å². The summed E-state index contributed by atoms with van der Waals surface area (Å²) in [4.78, 5) is 8.84. The molecule has 3 aromatic rings. The van der Waals surface area contributed by atoms with Gasteiger partial charge in [-0.05, 0) is 18.2 Å². The van der Waals surface area contributed by atoms with E-state index in [9.17, 15) is 0 Å². The molecule has 0 aliphatic carbocycles. The van der Waals surface area contributed by atoms with E-state index in [1.165, 1.54) is 0 Å². The van der Waals surface area contributed by atoms with E-state index in [-0.39, 0.29) is 0 Å². The predicted octanol–water partition coefficient (Wildman–Crippen LogP) is 6.12. The van der Waals surface area contributed by atoms with Crippen molar-refractivity contribution in [3.05, 3.63) is 53.0 Å². The average molecular weight is 375 g/mol. The summed E-state index contributed by atoms with van der Waals surface area (Å²) in [6.07, 6.45) is 0. The molecule has 1 heterocycles. The van der Waals surface area contributed by atoms with Crippen LogP contribution in [-0.2, 0) is 0 Å². The molecule has 0 atom stereocenters. The SMILES string of the molecule is CC.CC.COc1nc(-c2ccccc2)c2cc(Br)ccc2n1. The molecule has 0 amide bonds. The molecule has 3 nitrogen and oxygen atoms in total. The van der Waals surface area contributed by atoms with Gasteiger partial charge in [0.1, 0.15) is 0 Å². The molecule has 4 heteroatoms. The Kier molecular flexibility index (Phi) is 8.27. The summed E-state index contributed by atoms with van der Waals surface area (Å²) in [5.41, 5.74) is 2.80. The van der Waals surface area contributed by atoms with E-state index in [1.54, 1.807) is 7.11 Å². The Hall–Kier alpha value is -1.94. The number of halogens is 1. The maximum atomic E-state index is 5.18. The van der Waals surface area contributed by atoms with E-state index in [0.29, 0.717) is 6.01 Å². The van der Waals surface area contributed by atoms with Crippen molar-refractivity contribution >= 4 is 26.8 Å². The average Bonchev–Trinajstić information content (AvgIpc) is 2.65. The lowest BCUT2D eigenvalue weighted by atomic mass is 10.1. The van der Waals surface area contributed by atoms with Gasteiger partial charge < -0.3 is 4.74 Å². The van der Waals surface area contributed by atoms with Crippen LogP contribution in [-0.4, -0.2) is 17.1 Å². The van der Waals surface area contributed by atoms with Crippen molar-refractivity contribution in [3.63, 3.8) is 0 Å². The lowest BCUT2D eigenvalue weighted by Gasteiger charge is -2.08. The monoisotopic (exact) mass is 374 g/mol. The Morgan fingerprint density at radius 1 is 0.870 bits per heavy atom. The van der Waals surface area contributed by atoms with Crippen molar-refractivity contribution in [1.82, 2.24) is 9.97 Å². The maximum absolute atomic E-state index is 5.18. The van der Waals surface area contributed by atoms with Crippen LogP contribution >= 0.6 is 15.9 Å². The van der Waals surface area contributed by atoms with Gasteiger partial charge in [0.05, 0.1) is 18.3 Å². The molecule has 0 radical (unpaired) electrons. The molecule has 0 aliphatic rings. The molecule has 0 fully saturated rings. The molecule has 0 N–H and O–H groups in total. The lowest BCUT2D eigenvalue weighted by Crippen LogP contribution is -1.96. The molecule has 0 bridgehead atoms. The maximum Gasteiger partial charge on any atom is 0.317 e. The van der Waals surface area contributed by atoms with Gasteiger partial charge in [-0.2, -0.15) is 9.97 Å². The minimum Gasteiger partial charge on any atom is -0.467 e. The van der Waals surface area contributed by atoms with Crippen LogP contribution in [0.5, 0.6) is 6.01 Å². The molecule has 0 spiro atoms. The number of hydrogen-bond acceptors (Lipinski definition) is 3. The Labute approximate surface area is 146 Å². The van der Waals surface area contributed by atoms with Gasteiger partial charge in [-0.1, -0.05) is 74.0 Å². The summed E-state index contributed by atoms with van der Waals surface area (Å²) < 4.78 is 6.19. The van der Waals surface area contributed by atoms with Crippen LogP contribution in [0.15, 0.2) is 53.0 Å². The molecule has 2 aromatic carbocycles. The van der Waals surface area contributed by atoms with Gasteiger partial charge in [0.25, 0.3) is 0 Å². The second kappa shape index (κ2) is 9.95. The zero-order chi connectivity index (χ0) is 17.2. The summed E-state index contributed by atoms with van der Waals surface area (Å²) in [5.74, 6) is 0. The first-order chi connectivity index (χ1) is 11.3. The zero-order valence-corrected chi connectivity index (χ0v) is 15.9. The van der Waals surface area contributed by atoms with Crippen molar-refractivity contribution in [2.24, 2.45) is 0 Å². The second-order valence-corrected chi connectivity index (χ2v) is 5.00. The number of nitrogens with zero attached hydrogens (tertiary/aromatic N) is 2. The van der Waals surface area contributed by atoms with Crippen LogP contribution in [0.2, 0.25) is 0 Å². The second-order valence-electron chi connectivity index (χ2n) is 4.09. The summed E-state index contributed by atoms with van der Waals surface area (Å²) in [6, 6.07) is 16.4. The Bertz CT molecular complexity index is 730. The highest BCUT2D eigenvalue weighted by Crippen LogP contribution is 2.29. The van der Waals surface area contributed by atoms with E-state index in [4.69, 9.17) is 4.74 Å². The van der Waals surface area contributed by atoms with Gasteiger partial charge in [0.2, 0.25) is 0 Å². The van der Waals surface area contributed by atoms with Crippen LogP contribution in [0.1, 0.15) is 27.7 Å². The first-order valence-electron chi connectivity index (χ1n) is 7.84. The third-order valence-electron chi connectivity index (χ3n) is 2.87. The Morgan fingerprint density at radius 3 is 2.13 bits per heavy atom. The van der Waals surface area contributed by atoms with Crippen LogP contribution < -0.4 is 4.74 Å². The fourth-order valence-electron chi connectivity index (χ4n) is 1.99. The smallest absolute Gasteiger partial charge is 0.317 e. The van der Waals surface area contributed by atoms with Crippen molar-refractivity contribution in [1.29, 1.82) is 0 Å². The normalized spacial score (nSPS) is 9.30. The minimum atomic E-state index is 0.383. The number of fused-ring (bicyclic) bond motifs is 1. The molecule has 3 rings (SSSR count). The lowest BCUT2D eigenvalue weighted by molar-refractivity contribution is 0.382. The molecule has 0 unspecified atom stereocenters. The summed E-state index contributed by atoms with van der Waals surface area (Å²) in [5, 5.41) is 1.00. The molecule has 0 saturated carbocycles. The molecule has 0 aliphatic heterocycles. The number of rotatable bonds is 2. The summed E-state index contributed by atoms with van der Waals surface area (Å²) in [6.45, 7) is 8.00. The largest absolute Gasteiger partial charge is 0.467 e.